The highest BCUT2D eigenvalue weighted by Crippen LogP contribution is 2.33. The topological polar surface area (TPSA) is 58.4 Å². The lowest BCUT2D eigenvalue weighted by atomic mass is 10.2. The van der Waals surface area contributed by atoms with E-state index in [0.29, 0.717) is 21.7 Å². The number of rotatable bonds is 2. The van der Waals surface area contributed by atoms with Crippen LogP contribution in [-0.2, 0) is 0 Å². The van der Waals surface area contributed by atoms with Crippen molar-refractivity contribution in [1.82, 2.24) is 5.16 Å². The first-order valence-electron chi connectivity index (χ1n) is 6.47. The number of nitrogens with zero attached hydrogens (tertiary/aromatic N) is 2. The minimum Gasteiger partial charge on any atom is -0.354 e. The van der Waals surface area contributed by atoms with Gasteiger partial charge in [0, 0.05) is 5.69 Å². The number of nitrogens with one attached hydrogen (secondary N) is 1. The second kappa shape index (κ2) is 5.90. The number of hydrogen-bond acceptors (Lipinski definition) is 4. The van der Waals surface area contributed by atoms with E-state index in [1.54, 1.807) is 18.2 Å². The van der Waals surface area contributed by atoms with Crippen molar-refractivity contribution in [2.75, 3.05) is 9.62 Å². The summed E-state index contributed by atoms with van der Waals surface area (Å²) < 4.78 is 6.24. The Balaban J connectivity index is 1.91. The van der Waals surface area contributed by atoms with Gasteiger partial charge in [-0.3, -0.25) is 0 Å². The quantitative estimate of drug-likeness (QED) is 0.670. The molecular weight excluding hydrogens is 322 g/mol. The second-order valence-electron chi connectivity index (χ2n) is 4.68. The summed E-state index contributed by atoms with van der Waals surface area (Å²) in [6.45, 7) is 1.90. The summed E-state index contributed by atoms with van der Waals surface area (Å²) in [6, 6.07) is 12.2. The first kappa shape index (κ1) is 14.7. The van der Waals surface area contributed by atoms with Crippen molar-refractivity contribution in [1.29, 1.82) is 0 Å². The molecule has 1 N–H and O–H groups in total. The molecule has 0 aliphatic rings. The maximum atomic E-state index is 12.3. The third-order valence-electron chi connectivity index (χ3n) is 3.21. The number of thiol groups is 1. The summed E-state index contributed by atoms with van der Waals surface area (Å²) in [6.07, 6.45) is 0. The molecule has 0 saturated carbocycles. The lowest BCUT2D eigenvalue weighted by molar-refractivity contribution is 0.260. The van der Waals surface area contributed by atoms with Crippen LogP contribution in [0, 0.1) is 6.92 Å². The molecule has 0 bridgehead atoms. The van der Waals surface area contributed by atoms with E-state index < -0.39 is 6.03 Å². The highest BCUT2D eigenvalue weighted by molar-refractivity contribution is 7.82. The number of aromatic nitrogens is 1. The molecular formula is C15H12ClN3O2S. The monoisotopic (exact) mass is 333 g/mol. The van der Waals surface area contributed by atoms with Gasteiger partial charge in [-0.1, -0.05) is 53.8 Å². The molecule has 0 unspecified atom stereocenters. The zero-order valence-electron chi connectivity index (χ0n) is 11.6. The summed E-state index contributed by atoms with van der Waals surface area (Å²) in [7, 11) is 0. The number of anilines is 2. The van der Waals surface area contributed by atoms with E-state index in [1.807, 2.05) is 31.2 Å². The van der Waals surface area contributed by atoms with Gasteiger partial charge in [0.15, 0.2) is 11.4 Å². The standard InChI is InChI=1S/C15H12ClN3O2S/c1-9-5-2-3-7-11(9)17-15(20)19(22)14-13-10(16)6-4-8-12(13)21-18-14/h2-8,22H,1H3,(H,17,20). The normalized spacial score (nSPS) is 10.7. The largest absolute Gasteiger partial charge is 0.354 e. The summed E-state index contributed by atoms with van der Waals surface area (Å²) >= 11 is 10.4. The van der Waals surface area contributed by atoms with Crippen molar-refractivity contribution in [2.45, 2.75) is 6.92 Å². The fraction of sp³-hybridized carbons (Fsp3) is 0.0667. The highest BCUT2D eigenvalue weighted by atomic mass is 35.5. The molecule has 3 aromatic rings. The Bertz CT molecular complexity index is 850. The number of para-hydroxylation sites is 1. The third-order valence-corrected chi connectivity index (χ3v) is 3.90. The molecule has 1 aromatic heterocycles. The molecule has 0 saturated heterocycles. The summed E-state index contributed by atoms with van der Waals surface area (Å²) in [4.78, 5) is 12.3. The number of aryl methyl sites for hydroxylation is 1. The van der Waals surface area contributed by atoms with Gasteiger partial charge < -0.3 is 9.84 Å². The van der Waals surface area contributed by atoms with Crippen molar-refractivity contribution in [3.63, 3.8) is 0 Å². The maximum absolute atomic E-state index is 12.3. The molecule has 0 radical (unpaired) electrons. The average molecular weight is 334 g/mol. The molecule has 3 rings (SSSR count). The summed E-state index contributed by atoms with van der Waals surface area (Å²) in [5, 5.41) is 7.62. The van der Waals surface area contributed by atoms with Crippen LogP contribution in [0.3, 0.4) is 0 Å². The average Bonchev–Trinajstić information content (AvgIpc) is 2.94. The van der Waals surface area contributed by atoms with Gasteiger partial charge in [0.1, 0.15) is 0 Å². The minimum atomic E-state index is -0.451. The maximum Gasteiger partial charge on any atom is 0.337 e. The lowest BCUT2D eigenvalue weighted by Crippen LogP contribution is -2.27. The van der Waals surface area contributed by atoms with Gasteiger partial charge in [-0.25, -0.2) is 9.10 Å². The Morgan fingerprint density at radius 2 is 2.05 bits per heavy atom. The van der Waals surface area contributed by atoms with Crippen LogP contribution in [0.4, 0.5) is 16.3 Å². The first-order chi connectivity index (χ1) is 10.6. The van der Waals surface area contributed by atoms with Crippen molar-refractivity contribution < 1.29 is 9.32 Å². The molecule has 0 spiro atoms. The van der Waals surface area contributed by atoms with Crippen LogP contribution in [0.25, 0.3) is 11.0 Å². The van der Waals surface area contributed by atoms with E-state index in [-0.39, 0.29) is 5.82 Å². The number of fused-ring (bicyclic) bond motifs is 1. The van der Waals surface area contributed by atoms with Crippen molar-refractivity contribution in [3.8, 4) is 0 Å². The summed E-state index contributed by atoms with van der Waals surface area (Å²) in [5.74, 6) is 0.245. The molecule has 112 valence electrons. The van der Waals surface area contributed by atoms with Gasteiger partial charge in [0.2, 0.25) is 0 Å². The van der Waals surface area contributed by atoms with Crippen LogP contribution in [0.1, 0.15) is 5.56 Å². The molecule has 0 fully saturated rings. The fourth-order valence-electron chi connectivity index (χ4n) is 2.06. The number of carbonyl (C=O) groups excluding carboxylic acids is 1. The van der Waals surface area contributed by atoms with Crippen LogP contribution in [0.2, 0.25) is 5.02 Å². The summed E-state index contributed by atoms with van der Waals surface area (Å²) in [5.41, 5.74) is 2.14. The number of amides is 2. The molecule has 2 amide bonds. The van der Waals surface area contributed by atoms with Crippen molar-refractivity contribution in [3.05, 3.63) is 53.1 Å². The van der Waals surface area contributed by atoms with Gasteiger partial charge in [-0.2, -0.15) is 0 Å². The van der Waals surface area contributed by atoms with Crippen LogP contribution >= 0.6 is 24.4 Å². The number of carbonyl (C=O) groups is 1. The molecule has 7 heteroatoms. The minimum absolute atomic E-state index is 0.245. The van der Waals surface area contributed by atoms with E-state index in [0.717, 1.165) is 9.87 Å². The molecule has 2 aromatic carbocycles. The number of benzene rings is 2. The van der Waals surface area contributed by atoms with Gasteiger partial charge in [-0.15, -0.1) is 0 Å². The SMILES string of the molecule is Cc1ccccc1NC(=O)N(S)c1noc2cccc(Cl)c12. The number of hydrogen-bond donors (Lipinski definition) is 2. The molecule has 0 aliphatic carbocycles. The van der Waals surface area contributed by atoms with E-state index in [2.05, 4.69) is 23.3 Å². The van der Waals surface area contributed by atoms with Crippen LogP contribution < -0.4 is 9.62 Å². The predicted octanol–water partition coefficient (Wildman–Crippen LogP) is 4.67. The third kappa shape index (κ3) is 2.63. The molecule has 5 nitrogen and oxygen atoms in total. The van der Waals surface area contributed by atoms with Crippen LogP contribution in [0.5, 0.6) is 0 Å². The molecule has 0 atom stereocenters. The lowest BCUT2D eigenvalue weighted by Gasteiger charge is -2.15. The van der Waals surface area contributed by atoms with E-state index in [4.69, 9.17) is 16.1 Å². The Labute approximate surface area is 137 Å². The Hall–Kier alpha value is -2.18. The first-order valence-corrected chi connectivity index (χ1v) is 7.25. The van der Waals surface area contributed by atoms with Gasteiger partial charge in [-0.05, 0) is 30.7 Å². The Kier molecular flexibility index (Phi) is 3.96. The Morgan fingerprint density at radius 1 is 1.27 bits per heavy atom. The molecule has 1 heterocycles. The smallest absolute Gasteiger partial charge is 0.337 e. The zero-order chi connectivity index (χ0) is 15.7. The van der Waals surface area contributed by atoms with E-state index in [1.165, 1.54) is 0 Å². The zero-order valence-corrected chi connectivity index (χ0v) is 13.2. The molecule has 0 aliphatic heterocycles. The van der Waals surface area contributed by atoms with Crippen LogP contribution in [0.15, 0.2) is 47.0 Å². The molecule has 22 heavy (non-hydrogen) atoms. The number of urea groups is 1. The van der Waals surface area contributed by atoms with Crippen molar-refractivity contribution >= 4 is 52.9 Å². The van der Waals surface area contributed by atoms with Gasteiger partial charge >= 0.3 is 6.03 Å². The van der Waals surface area contributed by atoms with Crippen LogP contribution in [-0.4, -0.2) is 11.2 Å². The van der Waals surface area contributed by atoms with E-state index in [9.17, 15) is 4.79 Å². The van der Waals surface area contributed by atoms with Gasteiger partial charge in [0.25, 0.3) is 0 Å². The van der Waals surface area contributed by atoms with Crippen molar-refractivity contribution in [2.24, 2.45) is 0 Å². The van der Waals surface area contributed by atoms with E-state index >= 15 is 0 Å². The van der Waals surface area contributed by atoms with Gasteiger partial charge in [0.05, 0.1) is 10.4 Å². The Morgan fingerprint density at radius 3 is 2.82 bits per heavy atom. The number of halogens is 1. The highest BCUT2D eigenvalue weighted by Gasteiger charge is 2.21. The second-order valence-corrected chi connectivity index (χ2v) is 5.48. The predicted molar refractivity (Wildman–Crippen MR) is 90.7 cm³/mol. The fourth-order valence-corrected chi connectivity index (χ4v) is 2.49.